The molecule has 0 radical (unpaired) electrons. The van der Waals surface area contributed by atoms with E-state index < -0.39 is 23.7 Å². The highest BCUT2D eigenvalue weighted by Crippen LogP contribution is 2.29. The summed E-state index contributed by atoms with van der Waals surface area (Å²) in [5.41, 5.74) is 6.94. The van der Waals surface area contributed by atoms with Crippen molar-refractivity contribution in [1.29, 1.82) is 0 Å². The van der Waals surface area contributed by atoms with Crippen LogP contribution in [0.15, 0.2) is 48.5 Å². The third kappa shape index (κ3) is 7.67. The van der Waals surface area contributed by atoms with Crippen LogP contribution in [-0.2, 0) is 17.5 Å². The van der Waals surface area contributed by atoms with Gasteiger partial charge in [-0.1, -0.05) is 18.2 Å². The van der Waals surface area contributed by atoms with E-state index in [9.17, 15) is 27.6 Å². The van der Waals surface area contributed by atoms with Gasteiger partial charge >= 0.3 is 6.18 Å². The van der Waals surface area contributed by atoms with E-state index >= 15 is 0 Å². The molecule has 0 bridgehead atoms. The second kappa shape index (κ2) is 12.7. The van der Waals surface area contributed by atoms with Gasteiger partial charge in [0.05, 0.1) is 18.2 Å². The molecule has 1 unspecified atom stereocenters. The van der Waals surface area contributed by atoms with Gasteiger partial charge in [-0.15, -0.1) is 0 Å². The van der Waals surface area contributed by atoms with E-state index in [4.69, 9.17) is 5.73 Å². The molecule has 2 aliphatic rings. The molecule has 4 rings (SSSR count). The van der Waals surface area contributed by atoms with E-state index in [-0.39, 0.29) is 29.7 Å². The van der Waals surface area contributed by atoms with Gasteiger partial charge in [0.1, 0.15) is 0 Å². The largest absolute Gasteiger partial charge is 0.416 e. The number of nitrogens with two attached hydrogens (primary N) is 1. The zero-order chi connectivity index (χ0) is 28.0. The summed E-state index contributed by atoms with van der Waals surface area (Å²) >= 11 is 0. The van der Waals surface area contributed by atoms with Crippen LogP contribution in [0, 0.1) is 5.92 Å². The first-order valence-electron chi connectivity index (χ1n) is 13.5. The van der Waals surface area contributed by atoms with Crippen molar-refractivity contribution < 1.29 is 27.6 Å². The van der Waals surface area contributed by atoms with Crippen LogP contribution < -0.4 is 11.1 Å². The van der Waals surface area contributed by atoms with Gasteiger partial charge in [-0.25, -0.2) is 0 Å². The number of amides is 2. The van der Waals surface area contributed by atoms with Crippen molar-refractivity contribution in [2.45, 2.75) is 50.9 Å². The highest BCUT2D eigenvalue weighted by atomic mass is 19.4. The fourth-order valence-electron chi connectivity index (χ4n) is 5.25. The van der Waals surface area contributed by atoms with E-state index in [1.807, 2.05) is 29.2 Å². The summed E-state index contributed by atoms with van der Waals surface area (Å²) in [6.07, 6.45) is 0.185. The molecule has 1 atom stereocenters. The molecular formula is C29H35F3N4O3. The maximum Gasteiger partial charge on any atom is 0.416 e. The second-order valence-corrected chi connectivity index (χ2v) is 10.4. The molecule has 39 heavy (non-hydrogen) atoms. The molecule has 2 saturated heterocycles. The van der Waals surface area contributed by atoms with E-state index in [1.54, 1.807) is 0 Å². The van der Waals surface area contributed by atoms with Crippen molar-refractivity contribution in [3.63, 3.8) is 0 Å². The lowest BCUT2D eigenvalue weighted by atomic mass is 9.87. The van der Waals surface area contributed by atoms with Crippen LogP contribution in [0.3, 0.4) is 0 Å². The van der Waals surface area contributed by atoms with Crippen LogP contribution in [0.25, 0.3) is 0 Å². The van der Waals surface area contributed by atoms with Crippen LogP contribution in [0.4, 0.5) is 13.2 Å². The van der Waals surface area contributed by atoms with Gasteiger partial charge in [0.2, 0.25) is 0 Å². The number of nitrogens with zero attached hydrogens (tertiary/aromatic N) is 2. The number of halogens is 3. The van der Waals surface area contributed by atoms with Crippen molar-refractivity contribution >= 4 is 17.6 Å². The van der Waals surface area contributed by atoms with Crippen molar-refractivity contribution in [2.24, 2.45) is 11.7 Å². The summed E-state index contributed by atoms with van der Waals surface area (Å²) in [7, 11) is 0. The first-order valence-corrected chi connectivity index (χ1v) is 13.5. The van der Waals surface area contributed by atoms with E-state index in [2.05, 4.69) is 10.2 Å². The van der Waals surface area contributed by atoms with Crippen LogP contribution >= 0.6 is 0 Å². The third-order valence-electron chi connectivity index (χ3n) is 7.64. The molecular weight excluding hydrogens is 509 g/mol. The molecule has 2 aromatic rings. The van der Waals surface area contributed by atoms with Crippen LogP contribution in [0.2, 0.25) is 0 Å². The summed E-state index contributed by atoms with van der Waals surface area (Å²) in [6.45, 7) is 3.57. The minimum Gasteiger partial charge on any atom is -0.345 e. The molecule has 7 nitrogen and oxygen atoms in total. The number of carbonyl (C=O) groups excluding carboxylic acids is 3. The number of hydrogen-bond acceptors (Lipinski definition) is 5. The van der Waals surface area contributed by atoms with Crippen molar-refractivity contribution in [3.8, 4) is 0 Å². The minimum atomic E-state index is -4.56. The second-order valence-electron chi connectivity index (χ2n) is 10.4. The zero-order valence-electron chi connectivity index (χ0n) is 21.9. The number of benzene rings is 2. The Bertz CT molecular complexity index is 1160. The first-order chi connectivity index (χ1) is 18.6. The van der Waals surface area contributed by atoms with E-state index in [0.717, 1.165) is 82.2 Å². The number of carbonyl (C=O) groups is 3. The first kappa shape index (κ1) is 28.8. The van der Waals surface area contributed by atoms with Crippen molar-refractivity contribution in [3.05, 3.63) is 70.8 Å². The third-order valence-corrected chi connectivity index (χ3v) is 7.64. The molecule has 0 saturated carbocycles. The Morgan fingerprint density at radius 1 is 0.923 bits per heavy atom. The number of rotatable bonds is 8. The standard InChI is InChI=1S/C29H35F3N4O3/c30-29(31,32)24-6-4-5-23(17-24)27(38)34-18-25(37)26(33)21-11-15-35(16-12-21)19-20-7-9-22(10-8-20)28(39)36-13-2-1-3-14-36/h4-10,17,21,26H,1-3,11-16,18-19,33H2,(H,34,38). The molecule has 0 spiro atoms. The Morgan fingerprint density at radius 2 is 1.59 bits per heavy atom. The van der Waals surface area contributed by atoms with E-state index in [1.165, 1.54) is 12.5 Å². The topological polar surface area (TPSA) is 95.7 Å². The normalized spacial score (nSPS) is 18.0. The van der Waals surface area contributed by atoms with Crippen molar-refractivity contribution in [2.75, 3.05) is 32.7 Å². The maximum absolute atomic E-state index is 12.9. The molecule has 10 heteroatoms. The highest BCUT2D eigenvalue weighted by Gasteiger charge is 2.31. The highest BCUT2D eigenvalue weighted by molar-refractivity contribution is 5.97. The Morgan fingerprint density at radius 3 is 2.23 bits per heavy atom. The van der Waals surface area contributed by atoms with Gasteiger partial charge in [-0.05, 0) is 87.0 Å². The quantitative estimate of drug-likeness (QED) is 0.526. The average molecular weight is 545 g/mol. The molecule has 2 heterocycles. The molecule has 3 N–H and O–H groups in total. The Labute approximate surface area is 226 Å². The van der Waals surface area contributed by atoms with Crippen molar-refractivity contribution in [1.82, 2.24) is 15.1 Å². The monoisotopic (exact) mass is 544 g/mol. The molecule has 0 aliphatic carbocycles. The zero-order valence-corrected chi connectivity index (χ0v) is 21.9. The summed E-state index contributed by atoms with van der Waals surface area (Å²) < 4.78 is 38.7. The van der Waals surface area contributed by atoms with Crippen LogP contribution in [0.1, 0.15) is 63.9 Å². The predicted octanol–water partition coefficient (Wildman–Crippen LogP) is 3.87. The van der Waals surface area contributed by atoms with Crippen LogP contribution in [0.5, 0.6) is 0 Å². The van der Waals surface area contributed by atoms with Crippen LogP contribution in [-0.4, -0.2) is 66.2 Å². The number of piperidine rings is 2. The number of nitrogens with one attached hydrogen (secondary N) is 1. The molecule has 210 valence electrons. The number of hydrogen-bond donors (Lipinski definition) is 2. The van der Waals surface area contributed by atoms with Gasteiger partial charge in [0.25, 0.3) is 11.8 Å². The fraction of sp³-hybridized carbons (Fsp3) is 0.483. The van der Waals surface area contributed by atoms with Gasteiger partial charge in [0, 0.05) is 30.8 Å². The van der Waals surface area contributed by atoms with Gasteiger partial charge in [0.15, 0.2) is 5.78 Å². The summed E-state index contributed by atoms with van der Waals surface area (Å²) in [4.78, 5) is 41.8. The molecule has 0 aromatic heterocycles. The summed E-state index contributed by atoms with van der Waals surface area (Å²) in [6, 6.07) is 11.1. The van der Waals surface area contributed by atoms with E-state index in [0.29, 0.717) is 5.56 Å². The average Bonchev–Trinajstić information content (AvgIpc) is 2.96. The predicted molar refractivity (Wildman–Crippen MR) is 141 cm³/mol. The Balaban J connectivity index is 1.21. The lowest BCUT2D eigenvalue weighted by Gasteiger charge is -2.34. The van der Waals surface area contributed by atoms with Gasteiger partial charge in [-0.2, -0.15) is 13.2 Å². The van der Waals surface area contributed by atoms with Gasteiger partial charge < -0.3 is 16.0 Å². The molecule has 2 aromatic carbocycles. The lowest BCUT2D eigenvalue weighted by Crippen LogP contribution is -2.47. The Hall–Kier alpha value is -3.24. The summed E-state index contributed by atoms with van der Waals surface area (Å²) in [5, 5.41) is 2.40. The number of Topliss-reactive ketones (excluding diaryl/α,β-unsaturated/α-hetero) is 1. The SMILES string of the molecule is NC(C(=O)CNC(=O)c1cccc(C(F)(F)F)c1)C1CCN(Cc2ccc(C(=O)N3CCCCC3)cc2)CC1. The lowest BCUT2D eigenvalue weighted by molar-refractivity contribution is -0.137. The molecule has 2 fully saturated rings. The fourth-order valence-corrected chi connectivity index (χ4v) is 5.25. The smallest absolute Gasteiger partial charge is 0.345 e. The van der Waals surface area contributed by atoms with Gasteiger partial charge in [-0.3, -0.25) is 19.3 Å². The minimum absolute atomic E-state index is 0.0382. The molecule has 2 amide bonds. The Kier molecular flexibility index (Phi) is 9.40. The number of ketones is 1. The maximum atomic E-state index is 12.9. The summed E-state index contributed by atoms with van der Waals surface area (Å²) in [5.74, 6) is -1.04. The molecule has 2 aliphatic heterocycles. The number of alkyl halides is 3. The number of likely N-dealkylation sites (tertiary alicyclic amines) is 2.